The van der Waals surface area contributed by atoms with Crippen molar-refractivity contribution in [3.8, 4) is 0 Å². The number of nitrogens with zero attached hydrogens (tertiary/aromatic N) is 2. The molecule has 0 bridgehead atoms. The van der Waals surface area contributed by atoms with Crippen LogP contribution in [0.5, 0.6) is 0 Å². The van der Waals surface area contributed by atoms with Crippen LogP contribution in [0.2, 0.25) is 0 Å². The maximum atomic E-state index is 4.38. The van der Waals surface area contributed by atoms with Gasteiger partial charge in [0, 0.05) is 30.7 Å². The minimum Gasteiger partial charge on any atom is -0.372 e. The van der Waals surface area contributed by atoms with Gasteiger partial charge in [0.05, 0.1) is 0 Å². The van der Waals surface area contributed by atoms with Gasteiger partial charge in [-0.25, -0.2) is 0 Å². The van der Waals surface area contributed by atoms with Gasteiger partial charge in [-0.2, -0.15) is 0 Å². The first-order valence-electron chi connectivity index (χ1n) is 6.98. The Morgan fingerprint density at radius 3 is 2.47 bits per heavy atom. The summed E-state index contributed by atoms with van der Waals surface area (Å²) in [6.45, 7) is 8.04. The molecule has 1 saturated heterocycles. The molecule has 1 aliphatic heterocycles. The predicted octanol–water partition coefficient (Wildman–Crippen LogP) is 4.19. The lowest BCUT2D eigenvalue weighted by molar-refractivity contribution is 0.578. The quantitative estimate of drug-likeness (QED) is 0.581. The Balaban J connectivity index is 2.07. The second-order valence-corrected chi connectivity index (χ2v) is 4.89. The van der Waals surface area contributed by atoms with E-state index in [1.54, 1.807) is 12.3 Å². The molecule has 1 aromatic rings. The van der Waals surface area contributed by atoms with Crippen molar-refractivity contribution in [3.05, 3.63) is 54.8 Å². The first kappa shape index (κ1) is 13.6. The molecule has 0 N–H and O–H groups in total. The first-order valence-corrected chi connectivity index (χ1v) is 6.98. The van der Waals surface area contributed by atoms with E-state index in [9.17, 15) is 0 Å². The first-order chi connectivity index (χ1) is 9.31. The molecule has 1 aromatic carbocycles. The maximum absolute atomic E-state index is 4.38. The van der Waals surface area contributed by atoms with E-state index < -0.39 is 0 Å². The third-order valence-corrected chi connectivity index (χ3v) is 3.50. The third-order valence-electron chi connectivity index (χ3n) is 3.50. The van der Waals surface area contributed by atoms with Gasteiger partial charge in [-0.3, -0.25) is 4.99 Å². The van der Waals surface area contributed by atoms with Crippen LogP contribution in [0.25, 0.3) is 0 Å². The van der Waals surface area contributed by atoms with Crippen molar-refractivity contribution in [2.24, 2.45) is 4.99 Å². The van der Waals surface area contributed by atoms with E-state index in [0.717, 1.165) is 5.71 Å². The largest absolute Gasteiger partial charge is 0.372 e. The summed E-state index contributed by atoms with van der Waals surface area (Å²) in [5.74, 6) is 0. The van der Waals surface area contributed by atoms with Crippen LogP contribution in [0, 0.1) is 0 Å². The summed E-state index contributed by atoms with van der Waals surface area (Å²) in [7, 11) is 0. The fraction of sp³-hybridized carbons (Fsp3) is 0.353. The Labute approximate surface area is 116 Å². The van der Waals surface area contributed by atoms with Crippen LogP contribution in [-0.4, -0.2) is 18.8 Å². The van der Waals surface area contributed by atoms with Gasteiger partial charge < -0.3 is 4.90 Å². The van der Waals surface area contributed by atoms with Crippen LogP contribution >= 0.6 is 0 Å². The van der Waals surface area contributed by atoms with Crippen molar-refractivity contribution in [1.82, 2.24) is 0 Å². The summed E-state index contributed by atoms with van der Waals surface area (Å²) in [6, 6.07) is 8.73. The molecule has 0 aliphatic carbocycles. The Hall–Kier alpha value is -1.83. The lowest BCUT2D eigenvalue weighted by Crippen LogP contribution is -2.29. The number of allylic oxidation sites excluding steroid dienone is 2. The lowest BCUT2D eigenvalue weighted by Gasteiger charge is -2.28. The number of piperidine rings is 1. The highest BCUT2D eigenvalue weighted by Crippen LogP contribution is 2.20. The molecule has 19 heavy (non-hydrogen) atoms. The Morgan fingerprint density at radius 2 is 1.84 bits per heavy atom. The Morgan fingerprint density at radius 1 is 1.16 bits per heavy atom. The molecule has 2 nitrogen and oxygen atoms in total. The van der Waals surface area contributed by atoms with Crippen molar-refractivity contribution >= 4 is 11.4 Å². The van der Waals surface area contributed by atoms with E-state index in [-0.39, 0.29) is 0 Å². The summed E-state index contributed by atoms with van der Waals surface area (Å²) in [4.78, 5) is 6.85. The highest BCUT2D eigenvalue weighted by molar-refractivity contribution is 5.99. The van der Waals surface area contributed by atoms with Crippen molar-refractivity contribution in [2.45, 2.75) is 26.2 Å². The molecular formula is C17H22N2. The van der Waals surface area contributed by atoms with Gasteiger partial charge in [-0.1, -0.05) is 24.8 Å². The Kier molecular flexibility index (Phi) is 4.96. The normalized spacial score (nSPS) is 16.9. The minimum atomic E-state index is 1.03. The monoisotopic (exact) mass is 254 g/mol. The van der Waals surface area contributed by atoms with Gasteiger partial charge in [0.1, 0.15) is 0 Å². The summed E-state index contributed by atoms with van der Waals surface area (Å²) in [5.41, 5.74) is 3.54. The molecule has 0 radical (unpaired) electrons. The van der Waals surface area contributed by atoms with Crippen LogP contribution in [0.3, 0.4) is 0 Å². The van der Waals surface area contributed by atoms with Gasteiger partial charge in [-0.05, 0) is 50.0 Å². The molecule has 2 heteroatoms. The molecule has 0 amide bonds. The Bertz CT molecular complexity index is 463. The molecule has 0 aromatic heterocycles. The van der Waals surface area contributed by atoms with E-state index in [4.69, 9.17) is 0 Å². The van der Waals surface area contributed by atoms with Crippen molar-refractivity contribution in [2.75, 3.05) is 18.0 Å². The number of rotatable bonds is 4. The summed E-state index contributed by atoms with van der Waals surface area (Å²) in [6.07, 6.45) is 9.35. The fourth-order valence-electron chi connectivity index (χ4n) is 2.36. The fourth-order valence-corrected chi connectivity index (χ4v) is 2.36. The van der Waals surface area contributed by atoms with Gasteiger partial charge in [0.25, 0.3) is 0 Å². The zero-order chi connectivity index (χ0) is 13.5. The van der Waals surface area contributed by atoms with Gasteiger partial charge in [0.15, 0.2) is 0 Å². The number of hydrogen-bond acceptors (Lipinski definition) is 2. The SMILES string of the molecule is C=C/C=C\N=C(C)c1ccc(N2CCCCC2)cc1. The van der Waals surface area contributed by atoms with E-state index >= 15 is 0 Å². The van der Waals surface area contributed by atoms with Gasteiger partial charge in [-0.15, -0.1) is 0 Å². The van der Waals surface area contributed by atoms with E-state index in [1.165, 1.54) is 43.6 Å². The second-order valence-electron chi connectivity index (χ2n) is 4.89. The van der Waals surface area contributed by atoms with Crippen LogP contribution in [-0.2, 0) is 0 Å². The topological polar surface area (TPSA) is 15.6 Å². The standard InChI is InChI=1S/C17H22N2/c1-3-4-12-18-15(2)16-8-10-17(11-9-16)19-13-6-5-7-14-19/h3-4,8-12H,1,5-7,13-14H2,2H3/b12-4-,18-15?. The van der Waals surface area contributed by atoms with E-state index in [0.29, 0.717) is 0 Å². The summed E-state index contributed by atoms with van der Waals surface area (Å²) >= 11 is 0. The average molecular weight is 254 g/mol. The van der Waals surface area contributed by atoms with Crippen LogP contribution in [0.15, 0.2) is 54.2 Å². The third kappa shape index (κ3) is 3.82. The second kappa shape index (κ2) is 6.93. The highest BCUT2D eigenvalue weighted by Gasteiger charge is 2.10. The molecule has 1 fully saturated rings. The number of aliphatic imine (C=N–C) groups is 1. The predicted molar refractivity (Wildman–Crippen MR) is 84.1 cm³/mol. The maximum Gasteiger partial charge on any atom is 0.0444 e. The molecule has 0 saturated carbocycles. The highest BCUT2D eigenvalue weighted by atomic mass is 15.1. The molecule has 1 heterocycles. The minimum absolute atomic E-state index is 1.03. The molecule has 1 aliphatic rings. The molecule has 0 spiro atoms. The molecule has 100 valence electrons. The summed E-state index contributed by atoms with van der Waals surface area (Å²) in [5, 5.41) is 0. The molecular weight excluding hydrogens is 232 g/mol. The number of benzene rings is 1. The zero-order valence-electron chi connectivity index (χ0n) is 11.7. The van der Waals surface area contributed by atoms with Crippen LogP contribution in [0.1, 0.15) is 31.7 Å². The van der Waals surface area contributed by atoms with E-state index in [1.807, 2.05) is 13.0 Å². The molecule has 0 unspecified atom stereocenters. The molecule has 0 atom stereocenters. The number of hydrogen-bond donors (Lipinski definition) is 0. The van der Waals surface area contributed by atoms with Gasteiger partial charge in [0.2, 0.25) is 0 Å². The average Bonchev–Trinajstić information content (AvgIpc) is 2.48. The van der Waals surface area contributed by atoms with Crippen LogP contribution in [0.4, 0.5) is 5.69 Å². The summed E-state index contributed by atoms with van der Waals surface area (Å²) < 4.78 is 0. The van der Waals surface area contributed by atoms with Crippen molar-refractivity contribution in [3.63, 3.8) is 0 Å². The van der Waals surface area contributed by atoms with Crippen molar-refractivity contribution < 1.29 is 0 Å². The smallest absolute Gasteiger partial charge is 0.0444 e. The number of anilines is 1. The molecule has 2 rings (SSSR count). The van der Waals surface area contributed by atoms with Crippen LogP contribution < -0.4 is 4.90 Å². The zero-order valence-corrected chi connectivity index (χ0v) is 11.7. The lowest BCUT2D eigenvalue weighted by atomic mass is 10.1. The van der Waals surface area contributed by atoms with E-state index in [2.05, 4.69) is 40.7 Å². The van der Waals surface area contributed by atoms with Gasteiger partial charge >= 0.3 is 0 Å². The van der Waals surface area contributed by atoms with Crippen molar-refractivity contribution in [1.29, 1.82) is 0 Å².